The zero-order valence-electron chi connectivity index (χ0n) is 26.1. The van der Waals surface area contributed by atoms with E-state index in [0.29, 0.717) is 34.0 Å². The summed E-state index contributed by atoms with van der Waals surface area (Å²) in [6, 6.07) is 35.7. The van der Waals surface area contributed by atoms with Crippen molar-refractivity contribution >= 4 is 46.9 Å². The van der Waals surface area contributed by atoms with E-state index in [0.717, 1.165) is 10.5 Å². The number of rotatable bonds is 12. The van der Waals surface area contributed by atoms with E-state index in [4.69, 9.17) is 9.47 Å². The number of hydrogen-bond donors (Lipinski definition) is 3. The summed E-state index contributed by atoms with van der Waals surface area (Å²) in [4.78, 5) is 40.9. The molecule has 10 heteroatoms. The predicted molar refractivity (Wildman–Crippen MR) is 187 cm³/mol. The number of amides is 3. The molecule has 5 aromatic carbocycles. The van der Waals surface area contributed by atoms with Gasteiger partial charge < -0.3 is 25.4 Å². The molecule has 0 saturated heterocycles. The first-order valence-electron chi connectivity index (χ1n) is 14.8. The van der Waals surface area contributed by atoms with Crippen molar-refractivity contribution in [3.05, 3.63) is 156 Å². The van der Waals surface area contributed by atoms with Crippen molar-refractivity contribution in [2.45, 2.75) is 10.1 Å². The van der Waals surface area contributed by atoms with Crippen LogP contribution in [0.1, 0.15) is 26.7 Å². The summed E-state index contributed by atoms with van der Waals surface area (Å²) in [5.41, 5.74) is 2.62. The monoisotopic (exact) mass is 661 g/mol. The molecule has 0 aliphatic carbocycles. The van der Waals surface area contributed by atoms with Crippen LogP contribution < -0.4 is 25.4 Å². The molecule has 5 rings (SSSR count). The van der Waals surface area contributed by atoms with Crippen molar-refractivity contribution in [1.29, 1.82) is 0 Å². The summed E-state index contributed by atoms with van der Waals surface area (Å²) in [6.07, 6.45) is 1.52. The molecule has 242 valence electrons. The quantitative estimate of drug-likeness (QED) is 0.0934. The summed E-state index contributed by atoms with van der Waals surface area (Å²) in [7, 11) is 3.00. The highest BCUT2D eigenvalue weighted by Crippen LogP contribution is 2.37. The van der Waals surface area contributed by atoms with Gasteiger partial charge in [0.1, 0.15) is 16.8 Å². The maximum Gasteiger partial charge on any atom is 0.272 e. The molecule has 0 aromatic heterocycles. The lowest BCUT2D eigenvalue weighted by atomic mass is 10.1. The maximum absolute atomic E-state index is 13.6. The largest absolute Gasteiger partial charge is 0.493 e. The lowest BCUT2D eigenvalue weighted by Gasteiger charge is -2.17. The van der Waals surface area contributed by atoms with Gasteiger partial charge in [0.15, 0.2) is 11.5 Å². The van der Waals surface area contributed by atoms with Crippen molar-refractivity contribution in [1.82, 2.24) is 5.32 Å². The van der Waals surface area contributed by atoms with E-state index in [1.54, 1.807) is 72.8 Å². The molecule has 0 saturated carbocycles. The maximum atomic E-state index is 13.6. The average Bonchev–Trinajstić information content (AvgIpc) is 3.12. The molecule has 48 heavy (non-hydrogen) atoms. The van der Waals surface area contributed by atoms with Crippen LogP contribution in [0, 0.1) is 5.82 Å². The molecule has 3 N–H and O–H groups in total. The molecule has 3 amide bonds. The Labute approximate surface area is 282 Å². The van der Waals surface area contributed by atoms with E-state index in [9.17, 15) is 18.8 Å². The second kappa shape index (κ2) is 16.1. The molecule has 0 spiro atoms. The van der Waals surface area contributed by atoms with E-state index in [-0.39, 0.29) is 11.6 Å². The summed E-state index contributed by atoms with van der Waals surface area (Å²) in [5, 5.41) is 7.82. The summed E-state index contributed by atoms with van der Waals surface area (Å²) >= 11 is 1.33. The Kier molecular flexibility index (Phi) is 11.2. The van der Waals surface area contributed by atoms with Gasteiger partial charge in [0.05, 0.1) is 14.2 Å². The van der Waals surface area contributed by atoms with Crippen molar-refractivity contribution in [2.75, 3.05) is 24.9 Å². The Morgan fingerprint density at radius 3 is 1.98 bits per heavy atom. The fourth-order valence-electron chi connectivity index (χ4n) is 4.72. The molecule has 0 heterocycles. The van der Waals surface area contributed by atoms with Gasteiger partial charge in [-0.3, -0.25) is 14.4 Å². The molecule has 1 atom stereocenters. The Balaban J connectivity index is 1.36. The first-order valence-corrected chi connectivity index (χ1v) is 15.7. The van der Waals surface area contributed by atoms with Crippen molar-refractivity contribution in [3.63, 3.8) is 0 Å². The number of thioether (sulfide) groups is 1. The second-order valence-corrected chi connectivity index (χ2v) is 11.5. The number of ether oxygens (including phenoxy) is 2. The van der Waals surface area contributed by atoms with Crippen molar-refractivity contribution in [3.8, 4) is 11.5 Å². The number of anilines is 2. The molecule has 0 fully saturated rings. The van der Waals surface area contributed by atoms with E-state index in [1.807, 2.05) is 30.3 Å². The third-order valence-corrected chi connectivity index (χ3v) is 8.35. The minimum atomic E-state index is -0.614. The van der Waals surface area contributed by atoms with Crippen LogP contribution in [0.2, 0.25) is 0 Å². The topological polar surface area (TPSA) is 106 Å². The van der Waals surface area contributed by atoms with Crippen LogP contribution in [0.15, 0.2) is 138 Å². The molecule has 0 bridgehead atoms. The van der Waals surface area contributed by atoms with Gasteiger partial charge in [0.25, 0.3) is 11.8 Å². The molecular weight excluding hydrogens is 629 g/mol. The third-order valence-electron chi connectivity index (χ3n) is 7.08. The Hall–Kier alpha value is -5.87. The van der Waals surface area contributed by atoms with E-state index in [1.165, 1.54) is 56.3 Å². The predicted octanol–water partition coefficient (Wildman–Crippen LogP) is 7.72. The molecule has 0 aliphatic rings. The molecule has 1 unspecified atom stereocenters. The highest BCUT2D eigenvalue weighted by Gasteiger charge is 2.23. The first kappa shape index (κ1) is 33.5. The smallest absolute Gasteiger partial charge is 0.272 e. The summed E-state index contributed by atoms with van der Waals surface area (Å²) in [5.74, 6) is -0.824. The molecule has 0 radical (unpaired) electrons. The van der Waals surface area contributed by atoms with Gasteiger partial charge in [-0.05, 0) is 78.4 Å². The number of halogens is 1. The van der Waals surface area contributed by atoms with E-state index in [2.05, 4.69) is 16.0 Å². The van der Waals surface area contributed by atoms with Crippen molar-refractivity contribution < 1.29 is 28.2 Å². The summed E-state index contributed by atoms with van der Waals surface area (Å²) < 4.78 is 24.3. The van der Waals surface area contributed by atoms with Crippen LogP contribution in [0.25, 0.3) is 6.08 Å². The number of nitrogens with one attached hydrogen (secondary N) is 3. The Bertz CT molecular complexity index is 1900. The first-order chi connectivity index (χ1) is 23.3. The lowest BCUT2D eigenvalue weighted by Crippen LogP contribution is -2.30. The van der Waals surface area contributed by atoms with Crippen LogP contribution in [0.4, 0.5) is 15.8 Å². The zero-order valence-corrected chi connectivity index (χ0v) is 26.9. The third kappa shape index (κ3) is 8.68. The number of carbonyl (C=O) groups excluding carboxylic acids is 3. The molecule has 0 aliphatic heterocycles. The van der Waals surface area contributed by atoms with Crippen LogP contribution in [-0.4, -0.2) is 31.9 Å². The highest BCUT2D eigenvalue weighted by molar-refractivity contribution is 8.00. The number of para-hydroxylation sites is 1. The van der Waals surface area contributed by atoms with Gasteiger partial charge in [-0.25, -0.2) is 4.39 Å². The SMILES string of the molecule is COc1cccc(/C=C(\NC(=O)c2ccccc2)C(=O)Nc2ccc(SC(C(=O)Nc3ccc(F)cc3)c3ccccc3)cc2)c1OC. The minimum absolute atomic E-state index is 0.0181. The average molecular weight is 662 g/mol. The van der Waals surface area contributed by atoms with Gasteiger partial charge in [-0.15, -0.1) is 11.8 Å². The van der Waals surface area contributed by atoms with Crippen molar-refractivity contribution in [2.24, 2.45) is 0 Å². The van der Waals surface area contributed by atoms with Gasteiger partial charge in [-0.2, -0.15) is 0 Å². The van der Waals surface area contributed by atoms with Gasteiger partial charge in [0, 0.05) is 27.4 Å². The lowest BCUT2D eigenvalue weighted by molar-refractivity contribution is -0.116. The van der Waals surface area contributed by atoms with Gasteiger partial charge in [0.2, 0.25) is 5.91 Å². The zero-order chi connectivity index (χ0) is 33.9. The highest BCUT2D eigenvalue weighted by atomic mass is 32.2. The fraction of sp³-hybridized carbons (Fsp3) is 0.0789. The Morgan fingerprint density at radius 1 is 0.708 bits per heavy atom. The number of hydrogen-bond acceptors (Lipinski definition) is 6. The van der Waals surface area contributed by atoms with Crippen LogP contribution in [0.5, 0.6) is 11.5 Å². The molecular formula is C38H32FN3O5S. The van der Waals surface area contributed by atoms with Crippen LogP contribution in [0.3, 0.4) is 0 Å². The molecule has 8 nitrogen and oxygen atoms in total. The second-order valence-electron chi connectivity index (χ2n) is 10.3. The Morgan fingerprint density at radius 2 is 1.33 bits per heavy atom. The summed E-state index contributed by atoms with van der Waals surface area (Å²) in [6.45, 7) is 0. The number of methoxy groups -OCH3 is 2. The van der Waals surface area contributed by atoms with Crippen LogP contribution in [-0.2, 0) is 9.59 Å². The van der Waals surface area contributed by atoms with Gasteiger partial charge in [-0.1, -0.05) is 60.7 Å². The standard InChI is InChI=1S/C38H32FN3O5S/c1-46-33-15-9-14-27(34(33)47-2)24-32(42-36(43)26-12-7-4-8-13-26)37(44)40-30-20-22-31(23-21-30)48-35(25-10-5-3-6-11-25)38(45)41-29-18-16-28(39)17-19-29/h3-24,35H,1-2H3,(H,40,44)(H,41,45)(H,42,43)/b32-24-. The fourth-order valence-corrected chi connectivity index (χ4v) is 5.74. The number of benzene rings is 5. The number of carbonyl (C=O) groups is 3. The minimum Gasteiger partial charge on any atom is -0.493 e. The van der Waals surface area contributed by atoms with Crippen LogP contribution >= 0.6 is 11.8 Å². The van der Waals surface area contributed by atoms with E-state index < -0.39 is 22.9 Å². The normalized spacial score (nSPS) is 11.6. The van der Waals surface area contributed by atoms with Gasteiger partial charge >= 0.3 is 0 Å². The molecule has 5 aromatic rings. The van der Waals surface area contributed by atoms with E-state index >= 15 is 0 Å².